The molecule has 8 heteroatoms. The molecule has 2 aromatic carbocycles. The van der Waals surface area contributed by atoms with Crippen LogP contribution in [0.3, 0.4) is 0 Å². The Morgan fingerprint density at radius 3 is 2.60 bits per heavy atom. The molecule has 0 unspecified atom stereocenters. The fraction of sp³-hybridized carbons (Fsp3) is 0.259. The van der Waals surface area contributed by atoms with Gasteiger partial charge in [0.25, 0.3) is 0 Å². The molecular weight excluding hydrogens is 460 g/mol. The van der Waals surface area contributed by atoms with Crippen LogP contribution in [0.15, 0.2) is 66.1 Å². The normalized spacial score (nSPS) is 13.6. The van der Waals surface area contributed by atoms with Crippen LogP contribution in [-0.4, -0.2) is 22.7 Å². The van der Waals surface area contributed by atoms with Gasteiger partial charge in [-0.2, -0.15) is 0 Å². The average Bonchev–Trinajstić information content (AvgIpc) is 3.55. The average molecular weight is 489 g/mol. The van der Waals surface area contributed by atoms with Gasteiger partial charge in [0.15, 0.2) is 5.13 Å². The lowest BCUT2D eigenvalue weighted by Crippen LogP contribution is -2.22. The predicted octanol–water partition coefficient (Wildman–Crippen LogP) is 5.29. The summed E-state index contributed by atoms with van der Waals surface area (Å²) >= 11 is 1.33. The molecular formula is C27H28N4O3S. The van der Waals surface area contributed by atoms with Crippen molar-refractivity contribution in [2.75, 3.05) is 10.2 Å². The van der Waals surface area contributed by atoms with Gasteiger partial charge in [-0.1, -0.05) is 43.2 Å². The summed E-state index contributed by atoms with van der Waals surface area (Å²) in [5.74, 6) is -0.221. The molecule has 1 aliphatic rings. The maximum Gasteiger partial charge on any atom is 0.244 e. The molecule has 35 heavy (non-hydrogen) atoms. The first-order chi connectivity index (χ1) is 17.0. The van der Waals surface area contributed by atoms with Crippen molar-refractivity contribution in [3.05, 3.63) is 77.3 Å². The zero-order valence-electron chi connectivity index (χ0n) is 19.6. The summed E-state index contributed by atoms with van der Waals surface area (Å²) in [4.78, 5) is 42.9. The van der Waals surface area contributed by atoms with Crippen LogP contribution < -0.4 is 15.5 Å². The lowest BCUT2D eigenvalue weighted by atomic mass is 10.1. The van der Waals surface area contributed by atoms with Gasteiger partial charge in [-0.05, 0) is 48.7 Å². The van der Waals surface area contributed by atoms with Crippen molar-refractivity contribution in [3.8, 4) is 0 Å². The number of amides is 3. The summed E-state index contributed by atoms with van der Waals surface area (Å²) in [6.07, 6.45) is 7.17. The molecule has 3 aromatic rings. The number of rotatable bonds is 8. The molecule has 1 aliphatic carbocycles. The summed E-state index contributed by atoms with van der Waals surface area (Å²) in [6, 6.07) is 16.8. The Morgan fingerprint density at radius 2 is 1.86 bits per heavy atom. The van der Waals surface area contributed by atoms with Crippen molar-refractivity contribution >= 4 is 51.6 Å². The van der Waals surface area contributed by atoms with Crippen molar-refractivity contribution < 1.29 is 14.4 Å². The fourth-order valence-electron chi connectivity index (χ4n) is 4.06. The van der Waals surface area contributed by atoms with Gasteiger partial charge < -0.3 is 10.6 Å². The minimum absolute atomic E-state index is 0.0739. The van der Waals surface area contributed by atoms with E-state index in [9.17, 15) is 14.4 Å². The smallest absolute Gasteiger partial charge is 0.244 e. The molecule has 0 saturated heterocycles. The number of benzene rings is 2. The number of carbonyl (C=O) groups is 3. The van der Waals surface area contributed by atoms with Gasteiger partial charge in [0.2, 0.25) is 17.7 Å². The van der Waals surface area contributed by atoms with E-state index < -0.39 is 0 Å². The number of para-hydroxylation sites is 1. The molecule has 3 amide bonds. The summed E-state index contributed by atoms with van der Waals surface area (Å²) < 4.78 is 0. The topological polar surface area (TPSA) is 91.4 Å². The van der Waals surface area contributed by atoms with E-state index in [1.165, 1.54) is 24.3 Å². The lowest BCUT2D eigenvalue weighted by molar-refractivity contribution is -0.120. The Morgan fingerprint density at radius 1 is 1.09 bits per heavy atom. The maximum absolute atomic E-state index is 12.4. The monoisotopic (exact) mass is 488 g/mol. The van der Waals surface area contributed by atoms with Crippen molar-refractivity contribution in [1.82, 2.24) is 10.3 Å². The maximum atomic E-state index is 12.4. The number of hydrogen-bond donors (Lipinski definition) is 2. The SMILES string of the molecule is CC(=O)N(c1ccccc1)c1nc(C=CC(=O)NCc2cccc(NC(=O)C3CCCC3)c2)cs1. The number of hydrogen-bond acceptors (Lipinski definition) is 5. The molecule has 1 fully saturated rings. The molecule has 2 N–H and O–H groups in total. The van der Waals surface area contributed by atoms with Crippen molar-refractivity contribution in [3.63, 3.8) is 0 Å². The van der Waals surface area contributed by atoms with Gasteiger partial charge in [0.1, 0.15) is 0 Å². The fourth-order valence-corrected chi connectivity index (χ4v) is 4.91. The minimum Gasteiger partial charge on any atom is -0.348 e. The third kappa shape index (κ3) is 6.64. The highest BCUT2D eigenvalue weighted by Gasteiger charge is 2.22. The van der Waals surface area contributed by atoms with E-state index in [4.69, 9.17) is 0 Å². The largest absolute Gasteiger partial charge is 0.348 e. The van der Waals surface area contributed by atoms with Crippen LogP contribution in [0.2, 0.25) is 0 Å². The first-order valence-electron chi connectivity index (χ1n) is 11.7. The zero-order valence-corrected chi connectivity index (χ0v) is 20.4. The molecule has 1 saturated carbocycles. The minimum atomic E-state index is -0.258. The van der Waals surface area contributed by atoms with Crippen LogP contribution in [0.4, 0.5) is 16.5 Å². The van der Waals surface area contributed by atoms with Crippen LogP contribution in [0.1, 0.15) is 43.9 Å². The van der Waals surface area contributed by atoms with Crippen LogP contribution in [-0.2, 0) is 20.9 Å². The van der Waals surface area contributed by atoms with Gasteiger partial charge in [-0.3, -0.25) is 19.3 Å². The quantitative estimate of drug-likeness (QED) is 0.422. The van der Waals surface area contributed by atoms with Gasteiger partial charge in [0.05, 0.1) is 11.4 Å². The highest BCUT2D eigenvalue weighted by Crippen LogP contribution is 2.29. The second kappa shape index (κ2) is 11.6. The standard InChI is InChI=1S/C27H28N4O3S/c1-19(32)31(24-12-3-2-4-13-24)27-30-23(18-35-27)14-15-25(33)28-17-20-8-7-11-22(16-20)29-26(34)21-9-5-6-10-21/h2-4,7-8,11-16,18,21H,5-6,9-10,17H2,1H3,(H,28,33)(H,29,34). The third-order valence-corrected chi connectivity index (χ3v) is 6.67. The molecule has 1 aromatic heterocycles. The molecule has 0 spiro atoms. The van der Waals surface area contributed by atoms with Gasteiger partial charge in [-0.25, -0.2) is 4.98 Å². The first kappa shape index (κ1) is 24.3. The molecule has 7 nitrogen and oxygen atoms in total. The van der Waals surface area contributed by atoms with Crippen LogP contribution in [0.5, 0.6) is 0 Å². The van der Waals surface area contributed by atoms with E-state index in [1.54, 1.807) is 16.4 Å². The summed E-state index contributed by atoms with van der Waals surface area (Å²) in [5, 5.41) is 8.18. The van der Waals surface area contributed by atoms with Crippen molar-refractivity contribution in [1.29, 1.82) is 0 Å². The van der Waals surface area contributed by atoms with E-state index in [-0.39, 0.29) is 23.6 Å². The van der Waals surface area contributed by atoms with Crippen molar-refractivity contribution in [2.45, 2.75) is 39.2 Å². The van der Waals surface area contributed by atoms with E-state index in [1.807, 2.05) is 54.6 Å². The second-order valence-electron chi connectivity index (χ2n) is 8.47. The number of carbonyl (C=O) groups excluding carboxylic acids is 3. The van der Waals surface area contributed by atoms with Crippen molar-refractivity contribution in [2.24, 2.45) is 5.92 Å². The number of anilines is 3. The van der Waals surface area contributed by atoms with Gasteiger partial charge in [-0.15, -0.1) is 11.3 Å². The van der Waals surface area contributed by atoms with Gasteiger partial charge in [0, 0.05) is 36.5 Å². The zero-order chi connectivity index (χ0) is 24.6. The Balaban J connectivity index is 1.32. The third-order valence-electron chi connectivity index (χ3n) is 5.82. The Kier molecular flexibility index (Phi) is 8.05. The first-order valence-corrected chi connectivity index (χ1v) is 12.5. The highest BCUT2D eigenvalue weighted by atomic mass is 32.1. The summed E-state index contributed by atoms with van der Waals surface area (Å²) in [6.45, 7) is 1.83. The molecule has 1 heterocycles. The number of aromatic nitrogens is 1. The Bertz CT molecular complexity index is 1220. The molecule has 0 atom stereocenters. The van der Waals surface area contributed by atoms with Crippen LogP contribution in [0, 0.1) is 5.92 Å². The number of thiazole rings is 1. The van der Waals surface area contributed by atoms with E-state index in [0.29, 0.717) is 17.4 Å². The van der Waals surface area contributed by atoms with Crippen LogP contribution >= 0.6 is 11.3 Å². The summed E-state index contributed by atoms with van der Waals surface area (Å²) in [5.41, 5.74) is 2.97. The van der Waals surface area contributed by atoms with Crippen LogP contribution in [0.25, 0.3) is 6.08 Å². The molecule has 0 aliphatic heterocycles. The predicted molar refractivity (Wildman–Crippen MR) is 139 cm³/mol. The van der Waals surface area contributed by atoms with E-state index >= 15 is 0 Å². The van der Waals surface area contributed by atoms with E-state index in [2.05, 4.69) is 15.6 Å². The van der Waals surface area contributed by atoms with Gasteiger partial charge >= 0.3 is 0 Å². The highest BCUT2D eigenvalue weighted by molar-refractivity contribution is 7.14. The number of nitrogens with one attached hydrogen (secondary N) is 2. The number of nitrogens with zero attached hydrogens (tertiary/aromatic N) is 2. The Labute approximate surface area is 208 Å². The molecule has 4 rings (SSSR count). The second-order valence-corrected chi connectivity index (χ2v) is 9.30. The lowest BCUT2D eigenvalue weighted by Gasteiger charge is -2.17. The summed E-state index contributed by atoms with van der Waals surface area (Å²) in [7, 11) is 0. The molecule has 0 bridgehead atoms. The Hall–Kier alpha value is -3.78. The molecule has 0 radical (unpaired) electrons. The molecule has 180 valence electrons. The van der Waals surface area contributed by atoms with E-state index in [0.717, 1.165) is 42.6 Å².